The fourth-order valence-electron chi connectivity index (χ4n) is 2.80. The molecule has 0 saturated heterocycles. The number of hydrogen-bond acceptors (Lipinski definition) is 4. The lowest BCUT2D eigenvalue weighted by molar-refractivity contribution is -0.129. The van der Waals surface area contributed by atoms with Crippen LogP contribution in [0.5, 0.6) is 0 Å². The number of hydrogen-bond donors (Lipinski definition) is 3. The summed E-state index contributed by atoms with van der Waals surface area (Å²) in [7, 11) is 0. The topological polar surface area (TPSA) is 91.6 Å². The maximum atomic E-state index is 12.3. The van der Waals surface area contributed by atoms with Crippen molar-refractivity contribution < 1.29 is 19.1 Å². The van der Waals surface area contributed by atoms with Crippen LogP contribution in [0.15, 0.2) is 22.8 Å². The number of nitrogens with one attached hydrogen (secondary N) is 2. The van der Waals surface area contributed by atoms with E-state index < -0.39 is 12.1 Å². The molecule has 3 N–H and O–H groups in total. The molecule has 6 heteroatoms. The largest absolute Gasteiger partial charge is 0.467 e. The Kier molecular flexibility index (Phi) is 5.38. The molecule has 0 unspecified atom stereocenters. The lowest BCUT2D eigenvalue weighted by atomic mass is 9.97. The second kappa shape index (κ2) is 7.26. The van der Waals surface area contributed by atoms with E-state index in [2.05, 4.69) is 10.6 Å². The summed E-state index contributed by atoms with van der Waals surface area (Å²) in [6, 6.07) is 2.81. The van der Waals surface area contributed by atoms with Crippen molar-refractivity contribution in [3.63, 3.8) is 0 Å². The Bertz CT molecular complexity index is 466. The van der Waals surface area contributed by atoms with Gasteiger partial charge in [0.05, 0.1) is 12.8 Å². The molecule has 1 fully saturated rings. The summed E-state index contributed by atoms with van der Waals surface area (Å²) < 4.78 is 5.08. The first kappa shape index (κ1) is 15.6. The van der Waals surface area contributed by atoms with Crippen molar-refractivity contribution in [2.75, 3.05) is 6.54 Å². The third kappa shape index (κ3) is 4.32. The quantitative estimate of drug-likeness (QED) is 0.733. The summed E-state index contributed by atoms with van der Waals surface area (Å²) in [6.45, 7) is 1.47. The van der Waals surface area contributed by atoms with Gasteiger partial charge in [0.2, 0.25) is 11.8 Å². The highest BCUT2D eigenvalue weighted by Gasteiger charge is 2.31. The SMILES string of the molecule is CC(=O)N[C@@H](C(=O)NC[C@@H](O)c1ccco1)C1CCCC1. The average molecular weight is 294 g/mol. The first-order valence-electron chi connectivity index (χ1n) is 7.34. The molecule has 0 radical (unpaired) electrons. The van der Waals surface area contributed by atoms with Crippen LogP contribution in [0.25, 0.3) is 0 Å². The van der Waals surface area contributed by atoms with Gasteiger partial charge in [-0.25, -0.2) is 0 Å². The number of furan rings is 1. The van der Waals surface area contributed by atoms with Gasteiger partial charge < -0.3 is 20.2 Å². The van der Waals surface area contributed by atoms with Gasteiger partial charge in [-0.15, -0.1) is 0 Å². The lowest BCUT2D eigenvalue weighted by Gasteiger charge is -2.23. The molecule has 1 aromatic rings. The van der Waals surface area contributed by atoms with Gasteiger partial charge in [0.25, 0.3) is 0 Å². The Morgan fingerprint density at radius 2 is 2.14 bits per heavy atom. The van der Waals surface area contributed by atoms with Crippen molar-refractivity contribution in [1.29, 1.82) is 0 Å². The van der Waals surface area contributed by atoms with Gasteiger partial charge in [-0.1, -0.05) is 12.8 Å². The number of aliphatic hydroxyl groups is 1. The van der Waals surface area contributed by atoms with Crippen molar-refractivity contribution >= 4 is 11.8 Å². The van der Waals surface area contributed by atoms with Crippen LogP contribution in [0.4, 0.5) is 0 Å². The molecular weight excluding hydrogens is 272 g/mol. The maximum Gasteiger partial charge on any atom is 0.242 e. The second-order valence-corrected chi connectivity index (χ2v) is 5.50. The van der Waals surface area contributed by atoms with Gasteiger partial charge in [-0.3, -0.25) is 9.59 Å². The van der Waals surface area contributed by atoms with Gasteiger partial charge >= 0.3 is 0 Å². The Labute approximate surface area is 123 Å². The van der Waals surface area contributed by atoms with Crippen LogP contribution in [0, 0.1) is 5.92 Å². The van der Waals surface area contributed by atoms with E-state index in [1.807, 2.05) is 0 Å². The Hall–Kier alpha value is -1.82. The monoisotopic (exact) mass is 294 g/mol. The molecule has 1 aromatic heterocycles. The van der Waals surface area contributed by atoms with Crippen LogP contribution in [-0.4, -0.2) is 29.5 Å². The summed E-state index contributed by atoms with van der Waals surface area (Å²) in [6.07, 6.45) is 4.65. The van der Waals surface area contributed by atoms with Crippen LogP contribution < -0.4 is 10.6 Å². The molecule has 0 aliphatic heterocycles. The minimum absolute atomic E-state index is 0.0646. The van der Waals surface area contributed by atoms with E-state index in [-0.39, 0.29) is 24.3 Å². The molecule has 1 aliphatic rings. The van der Waals surface area contributed by atoms with E-state index in [1.54, 1.807) is 12.1 Å². The lowest BCUT2D eigenvalue weighted by Crippen LogP contribution is -2.50. The maximum absolute atomic E-state index is 12.3. The Balaban J connectivity index is 1.90. The minimum atomic E-state index is -0.884. The van der Waals surface area contributed by atoms with Crippen LogP contribution in [-0.2, 0) is 9.59 Å². The molecule has 2 amide bonds. The number of aliphatic hydroxyl groups excluding tert-OH is 1. The summed E-state index contributed by atoms with van der Waals surface area (Å²) >= 11 is 0. The van der Waals surface area contributed by atoms with Crippen LogP contribution >= 0.6 is 0 Å². The van der Waals surface area contributed by atoms with Gasteiger partial charge in [0.15, 0.2) is 0 Å². The van der Waals surface area contributed by atoms with E-state index >= 15 is 0 Å². The number of rotatable bonds is 6. The molecule has 116 valence electrons. The van der Waals surface area contributed by atoms with E-state index in [4.69, 9.17) is 4.42 Å². The van der Waals surface area contributed by atoms with Gasteiger partial charge in [0, 0.05) is 6.92 Å². The predicted octanol–water partition coefficient (Wildman–Crippen LogP) is 1.12. The van der Waals surface area contributed by atoms with Gasteiger partial charge in [-0.2, -0.15) is 0 Å². The molecule has 1 aliphatic carbocycles. The van der Waals surface area contributed by atoms with E-state index in [0.29, 0.717) is 5.76 Å². The molecule has 0 bridgehead atoms. The van der Waals surface area contributed by atoms with E-state index in [0.717, 1.165) is 25.7 Å². The highest BCUT2D eigenvalue weighted by atomic mass is 16.4. The van der Waals surface area contributed by atoms with Crippen molar-refractivity contribution in [3.05, 3.63) is 24.2 Å². The first-order chi connectivity index (χ1) is 10.1. The van der Waals surface area contributed by atoms with E-state index in [9.17, 15) is 14.7 Å². The summed E-state index contributed by atoms with van der Waals surface area (Å²) in [5, 5.41) is 15.3. The molecule has 0 aromatic carbocycles. The molecule has 2 atom stereocenters. The zero-order chi connectivity index (χ0) is 15.2. The zero-order valence-corrected chi connectivity index (χ0v) is 12.2. The Morgan fingerprint density at radius 3 is 2.71 bits per heavy atom. The molecule has 0 spiro atoms. The van der Waals surface area contributed by atoms with Crippen LogP contribution in [0.3, 0.4) is 0 Å². The second-order valence-electron chi connectivity index (χ2n) is 5.50. The van der Waals surface area contributed by atoms with Crippen LogP contribution in [0.2, 0.25) is 0 Å². The Morgan fingerprint density at radius 1 is 1.43 bits per heavy atom. The highest BCUT2D eigenvalue weighted by Crippen LogP contribution is 2.28. The third-order valence-electron chi connectivity index (χ3n) is 3.85. The summed E-state index contributed by atoms with van der Waals surface area (Å²) in [5.74, 6) is 0.123. The average Bonchev–Trinajstić information content (AvgIpc) is 3.13. The molecule has 1 saturated carbocycles. The summed E-state index contributed by atoms with van der Waals surface area (Å²) in [5.41, 5.74) is 0. The predicted molar refractivity (Wildman–Crippen MR) is 76.2 cm³/mol. The zero-order valence-electron chi connectivity index (χ0n) is 12.2. The molecule has 1 heterocycles. The standard InChI is InChI=1S/C15H22N2O4/c1-10(18)17-14(11-5-2-3-6-11)15(20)16-9-12(19)13-7-4-8-21-13/h4,7-8,11-12,14,19H,2-3,5-6,9H2,1H3,(H,16,20)(H,17,18)/t12-,14-/m1/s1. The van der Waals surface area contributed by atoms with Crippen molar-refractivity contribution in [2.24, 2.45) is 5.92 Å². The van der Waals surface area contributed by atoms with Crippen molar-refractivity contribution in [3.8, 4) is 0 Å². The third-order valence-corrected chi connectivity index (χ3v) is 3.85. The highest BCUT2D eigenvalue weighted by molar-refractivity contribution is 5.87. The number of carbonyl (C=O) groups excluding carboxylic acids is 2. The molecule has 2 rings (SSSR count). The fourth-order valence-corrected chi connectivity index (χ4v) is 2.80. The van der Waals surface area contributed by atoms with E-state index in [1.165, 1.54) is 13.2 Å². The molecular formula is C15H22N2O4. The fraction of sp³-hybridized carbons (Fsp3) is 0.600. The van der Waals surface area contributed by atoms with Crippen molar-refractivity contribution in [1.82, 2.24) is 10.6 Å². The normalized spacial score (nSPS) is 18.2. The van der Waals surface area contributed by atoms with Gasteiger partial charge in [-0.05, 0) is 30.9 Å². The van der Waals surface area contributed by atoms with Crippen LogP contribution in [0.1, 0.15) is 44.5 Å². The molecule has 21 heavy (non-hydrogen) atoms. The first-order valence-corrected chi connectivity index (χ1v) is 7.34. The smallest absolute Gasteiger partial charge is 0.242 e. The summed E-state index contributed by atoms with van der Waals surface area (Å²) in [4.78, 5) is 23.6. The van der Waals surface area contributed by atoms with Gasteiger partial charge in [0.1, 0.15) is 17.9 Å². The van der Waals surface area contributed by atoms with Crippen molar-refractivity contribution in [2.45, 2.75) is 44.8 Å². The minimum Gasteiger partial charge on any atom is -0.467 e. The number of carbonyl (C=O) groups is 2. The number of amides is 2. The molecule has 6 nitrogen and oxygen atoms in total.